The molecule has 1 heterocycles. The summed E-state index contributed by atoms with van der Waals surface area (Å²) in [6.45, 7) is 0.221. The van der Waals surface area contributed by atoms with Gasteiger partial charge in [0, 0.05) is 6.54 Å². The summed E-state index contributed by atoms with van der Waals surface area (Å²) in [6.07, 6.45) is -2.52. The Kier molecular flexibility index (Phi) is 3.99. The zero-order valence-corrected chi connectivity index (χ0v) is 10.1. The van der Waals surface area contributed by atoms with Crippen LogP contribution in [-0.4, -0.2) is 4.98 Å². The third-order valence-corrected chi connectivity index (χ3v) is 3.05. The fourth-order valence-electron chi connectivity index (χ4n) is 0.826. The maximum atomic E-state index is 12.4. The minimum atomic E-state index is -2.52. The smallest absolute Gasteiger partial charge is 0.266 e. The van der Waals surface area contributed by atoms with E-state index in [-0.39, 0.29) is 16.7 Å². The number of nitrogens with zero attached hydrogens (tertiary/aromatic N) is 1. The van der Waals surface area contributed by atoms with Crippen molar-refractivity contribution in [1.82, 2.24) is 4.98 Å². The summed E-state index contributed by atoms with van der Waals surface area (Å²) in [6, 6.07) is 1.38. The molecule has 0 aliphatic rings. The highest BCUT2D eigenvalue weighted by Gasteiger charge is 2.15. The topological polar surface area (TPSA) is 38.9 Å². The van der Waals surface area contributed by atoms with Gasteiger partial charge in [-0.1, -0.05) is 0 Å². The van der Waals surface area contributed by atoms with Gasteiger partial charge in [-0.05, 0) is 50.2 Å². The molecule has 1 aromatic heterocycles. The van der Waals surface area contributed by atoms with Gasteiger partial charge in [0.05, 0.1) is 5.56 Å². The third-order valence-electron chi connectivity index (χ3n) is 1.48. The van der Waals surface area contributed by atoms with Crippen molar-refractivity contribution in [2.75, 3.05) is 0 Å². The van der Waals surface area contributed by atoms with Gasteiger partial charge < -0.3 is 5.73 Å². The van der Waals surface area contributed by atoms with Crippen molar-refractivity contribution in [3.05, 3.63) is 25.5 Å². The second-order valence-electron chi connectivity index (χ2n) is 2.32. The summed E-state index contributed by atoms with van der Waals surface area (Å²) in [5.41, 5.74) is 5.89. The van der Waals surface area contributed by atoms with E-state index in [1.165, 1.54) is 6.07 Å². The zero-order chi connectivity index (χ0) is 10.0. The fourth-order valence-corrected chi connectivity index (χ4v) is 2.24. The van der Waals surface area contributed by atoms with Crippen molar-refractivity contribution in [1.29, 1.82) is 0 Å². The lowest BCUT2D eigenvalue weighted by Crippen LogP contribution is -2.03. The number of nitrogens with two attached hydrogens (primary N) is 1. The van der Waals surface area contributed by atoms with E-state index in [4.69, 9.17) is 5.73 Å². The first-order valence-corrected chi connectivity index (χ1v) is 5.26. The number of alkyl halides is 2. The molecule has 0 saturated heterocycles. The maximum absolute atomic E-state index is 12.4. The van der Waals surface area contributed by atoms with Gasteiger partial charge in [-0.25, -0.2) is 13.8 Å². The number of rotatable bonds is 2. The van der Waals surface area contributed by atoms with Crippen molar-refractivity contribution < 1.29 is 8.78 Å². The largest absolute Gasteiger partial charge is 0.326 e. The van der Waals surface area contributed by atoms with Crippen LogP contribution in [0, 0.1) is 3.70 Å². The van der Waals surface area contributed by atoms with Crippen molar-refractivity contribution >= 4 is 38.5 Å². The van der Waals surface area contributed by atoms with Crippen LogP contribution in [0.1, 0.15) is 17.6 Å². The lowest BCUT2D eigenvalue weighted by molar-refractivity contribution is 0.150. The lowest BCUT2D eigenvalue weighted by Gasteiger charge is -2.06. The summed E-state index contributed by atoms with van der Waals surface area (Å²) in [5.74, 6) is 0. The van der Waals surface area contributed by atoms with E-state index in [0.29, 0.717) is 9.26 Å². The zero-order valence-electron chi connectivity index (χ0n) is 6.40. The van der Waals surface area contributed by atoms with Gasteiger partial charge in [-0.15, -0.1) is 0 Å². The molecular formula is C7H6BrF2IN2. The molecule has 0 spiro atoms. The standard InChI is InChI=1S/C7H6BrF2IN2/c8-5-4(6(9)10)1-3(2-12)7(11)13-5/h1,6H,2,12H2. The molecule has 72 valence electrons. The molecule has 2 N–H and O–H groups in total. The van der Waals surface area contributed by atoms with Crippen LogP contribution in [0.15, 0.2) is 10.7 Å². The molecule has 13 heavy (non-hydrogen) atoms. The molecule has 0 bridgehead atoms. The predicted octanol–water partition coefficient (Wildman–Crippen LogP) is 2.85. The number of hydrogen-bond donors (Lipinski definition) is 1. The second-order valence-corrected chi connectivity index (χ2v) is 4.10. The molecule has 0 aromatic carbocycles. The van der Waals surface area contributed by atoms with Crippen LogP contribution >= 0.6 is 38.5 Å². The SMILES string of the molecule is NCc1cc(C(F)F)c(Br)nc1I. The summed E-state index contributed by atoms with van der Waals surface area (Å²) in [7, 11) is 0. The van der Waals surface area contributed by atoms with E-state index in [1.807, 2.05) is 22.6 Å². The first kappa shape index (κ1) is 11.3. The van der Waals surface area contributed by atoms with Crippen LogP contribution in [0.25, 0.3) is 0 Å². The van der Waals surface area contributed by atoms with Crippen molar-refractivity contribution in [2.45, 2.75) is 13.0 Å². The van der Waals surface area contributed by atoms with Crippen LogP contribution < -0.4 is 5.73 Å². The average Bonchev–Trinajstić information content (AvgIpc) is 2.03. The summed E-state index contributed by atoms with van der Waals surface area (Å²) >= 11 is 4.93. The molecule has 0 unspecified atom stereocenters. The molecule has 0 radical (unpaired) electrons. The molecule has 0 saturated carbocycles. The molecule has 0 fully saturated rings. The average molecular weight is 363 g/mol. The molecule has 0 aliphatic heterocycles. The van der Waals surface area contributed by atoms with E-state index in [1.54, 1.807) is 0 Å². The van der Waals surface area contributed by atoms with Gasteiger partial charge in [0.2, 0.25) is 0 Å². The van der Waals surface area contributed by atoms with Crippen molar-refractivity contribution in [2.24, 2.45) is 5.73 Å². The second kappa shape index (κ2) is 4.61. The highest BCUT2D eigenvalue weighted by Crippen LogP contribution is 2.28. The Morgan fingerprint density at radius 1 is 1.62 bits per heavy atom. The Morgan fingerprint density at radius 3 is 2.69 bits per heavy atom. The highest BCUT2D eigenvalue weighted by atomic mass is 127. The summed E-state index contributed by atoms with van der Waals surface area (Å²) < 4.78 is 25.6. The number of hydrogen-bond acceptors (Lipinski definition) is 2. The van der Waals surface area contributed by atoms with E-state index in [2.05, 4.69) is 20.9 Å². The molecule has 0 amide bonds. The Hall–Kier alpha value is 0.180. The van der Waals surface area contributed by atoms with E-state index in [9.17, 15) is 8.78 Å². The van der Waals surface area contributed by atoms with Gasteiger partial charge in [-0.3, -0.25) is 0 Å². The first-order chi connectivity index (χ1) is 6.06. The van der Waals surface area contributed by atoms with E-state index in [0.717, 1.165) is 0 Å². The Labute approximate surface area is 96.2 Å². The molecule has 1 rings (SSSR count). The minimum absolute atomic E-state index is 0.110. The molecule has 2 nitrogen and oxygen atoms in total. The van der Waals surface area contributed by atoms with Crippen LogP contribution in [0.4, 0.5) is 8.78 Å². The molecule has 1 aromatic rings. The molecule has 6 heteroatoms. The fraction of sp³-hybridized carbons (Fsp3) is 0.286. The predicted molar refractivity (Wildman–Crippen MR) is 57.5 cm³/mol. The Balaban J connectivity index is 3.22. The molecular weight excluding hydrogens is 357 g/mol. The summed E-state index contributed by atoms with van der Waals surface area (Å²) in [5, 5.41) is 0. The lowest BCUT2D eigenvalue weighted by atomic mass is 10.2. The van der Waals surface area contributed by atoms with Crippen LogP contribution in [-0.2, 0) is 6.54 Å². The highest BCUT2D eigenvalue weighted by molar-refractivity contribution is 14.1. The minimum Gasteiger partial charge on any atom is -0.326 e. The number of pyridine rings is 1. The van der Waals surface area contributed by atoms with Gasteiger partial charge in [0.1, 0.15) is 8.30 Å². The normalized spacial score (nSPS) is 10.9. The summed E-state index contributed by atoms with van der Waals surface area (Å²) in [4.78, 5) is 3.91. The van der Waals surface area contributed by atoms with Gasteiger partial charge in [-0.2, -0.15) is 0 Å². The van der Waals surface area contributed by atoms with Crippen LogP contribution in [0.3, 0.4) is 0 Å². The monoisotopic (exact) mass is 362 g/mol. The third kappa shape index (κ3) is 2.57. The molecule has 0 aliphatic carbocycles. The number of aromatic nitrogens is 1. The Bertz CT molecular complexity index is 320. The quantitative estimate of drug-likeness (QED) is 0.649. The van der Waals surface area contributed by atoms with Crippen molar-refractivity contribution in [3.63, 3.8) is 0 Å². The number of halogens is 4. The van der Waals surface area contributed by atoms with Gasteiger partial charge in [0.15, 0.2) is 0 Å². The molecule has 0 atom stereocenters. The maximum Gasteiger partial charge on any atom is 0.266 e. The van der Waals surface area contributed by atoms with Gasteiger partial charge >= 0.3 is 0 Å². The Morgan fingerprint density at radius 2 is 2.23 bits per heavy atom. The van der Waals surface area contributed by atoms with Crippen molar-refractivity contribution in [3.8, 4) is 0 Å². The van der Waals surface area contributed by atoms with Crippen LogP contribution in [0.5, 0.6) is 0 Å². The first-order valence-electron chi connectivity index (χ1n) is 3.39. The van der Waals surface area contributed by atoms with Crippen LogP contribution in [0.2, 0.25) is 0 Å². The van der Waals surface area contributed by atoms with E-state index < -0.39 is 6.43 Å². The van der Waals surface area contributed by atoms with E-state index >= 15 is 0 Å². The van der Waals surface area contributed by atoms with Gasteiger partial charge in [0.25, 0.3) is 6.43 Å².